The van der Waals surface area contributed by atoms with Gasteiger partial charge in [0.25, 0.3) is 0 Å². The highest BCUT2D eigenvalue weighted by molar-refractivity contribution is 5.55. The SMILES string of the molecule is CC.CN1CCCc2ccncc21.Cc1cc2c(cn1)N(C(C)C)CCC2. The molecule has 4 nitrogen and oxygen atoms in total. The van der Waals surface area contributed by atoms with Crippen molar-refractivity contribution in [2.24, 2.45) is 0 Å². The molecule has 4 rings (SSSR count). The first-order valence-electron chi connectivity index (χ1n) is 10.4. The van der Waals surface area contributed by atoms with E-state index in [4.69, 9.17) is 0 Å². The number of nitrogens with zero attached hydrogens (tertiary/aromatic N) is 4. The Morgan fingerprint density at radius 3 is 2.37 bits per heavy atom. The van der Waals surface area contributed by atoms with Crippen LogP contribution in [0.25, 0.3) is 0 Å². The van der Waals surface area contributed by atoms with Crippen molar-refractivity contribution in [2.75, 3.05) is 29.9 Å². The van der Waals surface area contributed by atoms with E-state index < -0.39 is 0 Å². The highest BCUT2D eigenvalue weighted by Crippen LogP contribution is 2.28. The summed E-state index contributed by atoms with van der Waals surface area (Å²) in [6, 6.07) is 4.92. The molecule has 148 valence electrons. The molecule has 0 bridgehead atoms. The zero-order valence-electron chi connectivity index (χ0n) is 18.0. The zero-order chi connectivity index (χ0) is 19.8. The average Bonchev–Trinajstić information content (AvgIpc) is 2.69. The number of aryl methyl sites for hydroxylation is 3. The number of anilines is 2. The van der Waals surface area contributed by atoms with Crippen LogP contribution in [0.5, 0.6) is 0 Å². The molecule has 2 aliphatic heterocycles. The highest BCUT2D eigenvalue weighted by atomic mass is 15.2. The topological polar surface area (TPSA) is 32.3 Å². The van der Waals surface area contributed by atoms with Crippen LogP contribution >= 0.6 is 0 Å². The lowest BCUT2D eigenvalue weighted by Crippen LogP contribution is -2.35. The Balaban J connectivity index is 0.000000181. The molecule has 0 unspecified atom stereocenters. The van der Waals surface area contributed by atoms with E-state index in [1.807, 2.05) is 32.4 Å². The van der Waals surface area contributed by atoms with Gasteiger partial charge in [-0.3, -0.25) is 9.97 Å². The van der Waals surface area contributed by atoms with Crippen molar-refractivity contribution in [3.63, 3.8) is 0 Å². The minimum atomic E-state index is 0.582. The third kappa shape index (κ3) is 5.44. The fourth-order valence-corrected chi connectivity index (χ4v) is 3.76. The Hall–Kier alpha value is -2.10. The number of rotatable bonds is 1. The minimum Gasteiger partial charge on any atom is -0.373 e. The van der Waals surface area contributed by atoms with Gasteiger partial charge in [0.2, 0.25) is 0 Å². The van der Waals surface area contributed by atoms with Crippen LogP contribution in [0.2, 0.25) is 0 Å². The predicted octanol–water partition coefficient (Wildman–Crippen LogP) is 5.04. The van der Waals surface area contributed by atoms with Gasteiger partial charge in [-0.05, 0) is 69.7 Å². The molecular formula is C23H36N4. The fraction of sp³-hybridized carbons (Fsp3) is 0.565. The van der Waals surface area contributed by atoms with Crippen LogP contribution in [-0.4, -0.2) is 36.1 Å². The molecule has 2 aromatic rings. The molecule has 0 aromatic carbocycles. The van der Waals surface area contributed by atoms with Crippen molar-refractivity contribution in [3.05, 3.63) is 47.5 Å². The molecular weight excluding hydrogens is 332 g/mol. The monoisotopic (exact) mass is 368 g/mol. The lowest BCUT2D eigenvalue weighted by molar-refractivity contribution is 0.623. The van der Waals surface area contributed by atoms with Gasteiger partial charge >= 0.3 is 0 Å². The maximum Gasteiger partial charge on any atom is 0.0587 e. The number of hydrogen-bond donors (Lipinski definition) is 0. The Morgan fingerprint density at radius 2 is 1.67 bits per heavy atom. The van der Waals surface area contributed by atoms with Crippen molar-refractivity contribution < 1.29 is 0 Å². The molecule has 0 spiro atoms. The van der Waals surface area contributed by atoms with Gasteiger partial charge in [-0.1, -0.05) is 13.8 Å². The number of pyridine rings is 2. The van der Waals surface area contributed by atoms with Gasteiger partial charge in [-0.15, -0.1) is 0 Å². The largest absolute Gasteiger partial charge is 0.373 e. The summed E-state index contributed by atoms with van der Waals surface area (Å²) >= 11 is 0. The van der Waals surface area contributed by atoms with Gasteiger partial charge in [-0.2, -0.15) is 0 Å². The van der Waals surface area contributed by atoms with E-state index in [0.717, 1.165) is 5.69 Å². The molecule has 0 atom stereocenters. The van der Waals surface area contributed by atoms with Crippen LogP contribution in [0, 0.1) is 6.92 Å². The molecule has 0 radical (unpaired) electrons. The maximum atomic E-state index is 4.38. The third-order valence-corrected chi connectivity index (χ3v) is 5.12. The van der Waals surface area contributed by atoms with Crippen molar-refractivity contribution in [1.82, 2.24) is 9.97 Å². The standard InChI is InChI=1S/C12H18N2.C9H12N2.C2H6/c1-9(2)14-6-4-5-11-7-10(3)13-8-12(11)14;1-11-6-2-3-8-4-5-10-7-9(8)11;1-2/h7-9H,4-6H2,1-3H3;4-5,7H,2-3,6H2,1H3;1-2H3. The van der Waals surface area contributed by atoms with Crippen LogP contribution in [0.15, 0.2) is 30.7 Å². The van der Waals surface area contributed by atoms with E-state index in [1.54, 1.807) is 0 Å². The van der Waals surface area contributed by atoms with Gasteiger partial charge in [0.05, 0.1) is 23.8 Å². The first kappa shape index (κ1) is 21.2. The van der Waals surface area contributed by atoms with E-state index in [1.165, 1.54) is 61.3 Å². The average molecular weight is 369 g/mol. The number of aromatic nitrogens is 2. The second kappa shape index (κ2) is 10.3. The summed E-state index contributed by atoms with van der Waals surface area (Å²) in [5, 5.41) is 0. The van der Waals surface area contributed by atoms with Crippen molar-refractivity contribution in [3.8, 4) is 0 Å². The second-order valence-electron chi connectivity index (χ2n) is 7.37. The van der Waals surface area contributed by atoms with Crippen LogP contribution in [0.3, 0.4) is 0 Å². The van der Waals surface area contributed by atoms with Gasteiger partial charge in [0.15, 0.2) is 0 Å². The van der Waals surface area contributed by atoms with Gasteiger partial charge < -0.3 is 9.80 Å². The quantitative estimate of drug-likeness (QED) is 0.706. The summed E-state index contributed by atoms with van der Waals surface area (Å²) in [6.07, 6.45) is 10.8. The minimum absolute atomic E-state index is 0.582. The summed E-state index contributed by atoms with van der Waals surface area (Å²) in [5.74, 6) is 0. The van der Waals surface area contributed by atoms with E-state index >= 15 is 0 Å². The van der Waals surface area contributed by atoms with Gasteiger partial charge in [0.1, 0.15) is 0 Å². The van der Waals surface area contributed by atoms with Crippen LogP contribution in [0.1, 0.15) is 57.4 Å². The van der Waals surface area contributed by atoms with E-state index in [-0.39, 0.29) is 0 Å². The third-order valence-electron chi connectivity index (χ3n) is 5.12. The normalized spacial score (nSPS) is 15.1. The molecule has 0 saturated carbocycles. The fourth-order valence-electron chi connectivity index (χ4n) is 3.76. The zero-order valence-corrected chi connectivity index (χ0v) is 18.0. The van der Waals surface area contributed by atoms with E-state index in [0.29, 0.717) is 6.04 Å². The molecule has 4 heteroatoms. The summed E-state index contributed by atoms with van der Waals surface area (Å²) in [7, 11) is 2.12. The Kier molecular flexibility index (Phi) is 8.08. The van der Waals surface area contributed by atoms with Crippen molar-refractivity contribution in [1.29, 1.82) is 0 Å². The van der Waals surface area contributed by atoms with Crippen molar-refractivity contribution in [2.45, 2.75) is 66.3 Å². The van der Waals surface area contributed by atoms with Gasteiger partial charge in [0, 0.05) is 38.1 Å². The molecule has 27 heavy (non-hydrogen) atoms. The highest BCUT2D eigenvalue weighted by Gasteiger charge is 2.19. The molecule has 4 heterocycles. The molecule has 0 amide bonds. The smallest absolute Gasteiger partial charge is 0.0587 e. The Bertz CT molecular complexity index is 711. The van der Waals surface area contributed by atoms with Crippen LogP contribution < -0.4 is 9.80 Å². The second-order valence-corrected chi connectivity index (χ2v) is 7.37. The molecule has 2 aliphatic rings. The summed E-state index contributed by atoms with van der Waals surface area (Å²) < 4.78 is 0. The van der Waals surface area contributed by atoms with Crippen LogP contribution in [-0.2, 0) is 12.8 Å². The van der Waals surface area contributed by atoms with E-state index in [9.17, 15) is 0 Å². The van der Waals surface area contributed by atoms with E-state index in [2.05, 4.69) is 59.7 Å². The summed E-state index contributed by atoms with van der Waals surface area (Å²) in [4.78, 5) is 13.2. The summed E-state index contributed by atoms with van der Waals surface area (Å²) in [5.41, 5.74) is 6.69. The number of hydrogen-bond acceptors (Lipinski definition) is 4. The first-order chi connectivity index (χ1) is 13.1. The molecule has 0 saturated heterocycles. The molecule has 2 aromatic heterocycles. The van der Waals surface area contributed by atoms with Crippen molar-refractivity contribution >= 4 is 11.4 Å². The molecule has 0 fully saturated rings. The first-order valence-corrected chi connectivity index (χ1v) is 10.4. The molecule has 0 N–H and O–H groups in total. The maximum absolute atomic E-state index is 4.38. The Labute approximate surface area is 165 Å². The summed E-state index contributed by atoms with van der Waals surface area (Å²) in [6.45, 7) is 12.9. The Morgan fingerprint density at radius 1 is 0.963 bits per heavy atom. The lowest BCUT2D eigenvalue weighted by atomic mass is 10.0. The number of fused-ring (bicyclic) bond motifs is 2. The molecule has 0 aliphatic carbocycles. The van der Waals surface area contributed by atoms with Gasteiger partial charge in [-0.25, -0.2) is 0 Å². The lowest BCUT2D eigenvalue weighted by Gasteiger charge is -2.34. The van der Waals surface area contributed by atoms with Crippen LogP contribution in [0.4, 0.5) is 11.4 Å². The predicted molar refractivity (Wildman–Crippen MR) is 117 cm³/mol.